The Hall–Kier alpha value is -1.97. The second-order valence-electron chi connectivity index (χ2n) is 3.51. The zero-order chi connectivity index (χ0) is 13.4. The van der Waals surface area contributed by atoms with Crippen LogP contribution in [0.4, 0.5) is 11.4 Å². The molecule has 0 N–H and O–H groups in total. The number of hydrogen-bond donors (Lipinski definition) is 0. The van der Waals surface area contributed by atoms with E-state index in [1.807, 2.05) is 0 Å². The number of ketones is 1. The Labute approximate surface area is 111 Å². The number of fused-ring (bicyclic) bond motifs is 1. The van der Waals surface area contributed by atoms with Crippen molar-refractivity contribution in [2.24, 2.45) is 0 Å². The van der Waals surface area contributed by atoms with Crippen LogP contribution in [0.1, 0.15) is 16.6 Å². The first-order valence-electron chi connectivity index (χ1n) is 4.74. The first kappa shape index (κ1) is 12.5. The third-order valence-corrected chi connectivity index (χ3v) is 4.07. The smallest absolute Gasteiger partial charge is 0.269 e. The summed E-state index contributed by atoms with van der Waals surface area (Å²) >= 11 is 7.07. The highest BCUT2D eigenvalue weighted by Crippen LogP contribution is 2.43. The van der Waals surface area contributed by atoms with E-state index in [1.54, 1.807) is 0 Å². The molecule has 0 aliphatic carbocycles. The van der Waals surface area contributed by atoms with Crippen molar-refractivity contribution in [3.05, 3.63) is 43.6 Å². The number of nitrogens with zero attached hydrogens (tertiary/aromatic N) is 2. The number of nitro groups is 1. The van der Waals surface area contributed by atoms with Crippen molar-refractivity contribution < 1.29 is 9.72 Å². The molecule has 2 rings (SSSR count). The third-order valence-electron chi connectivity index (χ3n) is 2.34. The van der Waals surface area contributed by atoms with Crippen molar-refractivity contribution in [1.82, 2.24) is 0 Å². The van der Waals surface area contributed by atoms with Crippen molar-refractivity contribution in [2.45, 2.75) is 6.92 Å². The molecule has 0 fully saturated rings. The van der Waals surface area contributed by atoms with Crippen molar-refractivity contribution in [3.63, 3.8) is 0 Å². The zero-order valence-electron chi connectivity index (χ0n) is 9.06. The number of non-ortho nitro benzene ring substituents is 1. The molecule has 7 heteroatoms. The van der Waals surface area contributed by atoms with Crippen LogP contribution in [-0.2, 0) is 0 Å². The number of halogens is 1. The normalized spacial score (nSPS) is 10.3. The summed E-state index contributed by atoms with van der Waals surface area (Å²) in [5, 5.41) is 11.3. The summed E-state index contributed by atoms with van der Waals surface area (Å²) in [6, 6.07) is 2.66. The number of rotatable bonds is 2. The van der Waals surface area contributed by atoms with Gasteiger partial charge in [0.1, 0.15) is 0 Å². The van der Waals surface area contributed by atoms with Gasteiger partial charge >= 0.3 is 0 Å². The maximum Gasteiger partial charge on any atom is 0.269 e. The average Bonchev–Trinajstić information content (AvgIpc) is 2.65. The minimum absolute atomic E-state index is 0.0886. The summed E-state index contributed by atoms with van der Waals surface area (Å²) < 4.78 is 0.477. The van der Waals surface area contributed by atoms with Crippen LogP contribution in [0, 0.1) is 16.7 Å². The lowest BCUT2D eigenvalue weighted by Crippen LogP contribution is -1.89. The topological polar surface area (TPSA) is 64.6 Å². The predicted octanol–water partition coefficient (Wildman–Crippen LogP) is 4.22. The zero-order valence-corrected chi connectivity index (χ0v) is 10.6. The lowest BCUT2D eigenvalue weighted by atomic mass is 10.2. The number of Topliss-reactive ketones (excluding diaryl/α,β-unsaturated/α-hetero) is 1. The van der Waals surface area contributed by atoms with Crippen LogP contribution in [0.2, 0.25) is 5.02 Å². The molecule has 0 saturated heterocycles. The van der Waals surface area contributed by atoms with E-state index in [0.29, 0.717) is 4.70 Å². The van der Waals surface area contributed by atoms with E-state index in [2.05, 4.69) is 4.85 Å². The van der Waals surface area contributed by atoms with Crippen LogP contribution in [0.3, 0.4) is 0 Å². The van der Waals surface area contributed by atoms with E-state index < -0.39 is 4.92 Å². The van der Waals surface area contributed by atoms with Gasteiger partial charge in [-0.25, -0.2) is 4.85 Å². The summed E-state index contributed by atoms with van der Waals surface area (Å²) in [5.74, 6) is -0.250. The van der Waals surface area contributed by atoms with Gasteiger partial charge in [-0.05, 0) is 6.07 Å². The van der Waals surface area contributed by atoms with Crippen LogP contribution in [0.25, 0.3) is 14.9 Å². The van der Waals surface area contributed by atoms with Crippen LogP contribution in [0.5, 0.6) is 0 Å². The standard InChI is InChI=1S/C11H5ClN2O3S/c1-5(15)11-10(12)9-7(14(16)17)3-6(13-2)4-8(9)18-11/h3-4H,1H3. The molecule has 18 heavy (non-hydrogen) atoms. The molecule has 2 aromatic rings. The molecular weight excluding hydrogens is 276 g/mol. The largest absolute Gasteiger partial charge is 0.294 e. The molecule has 90 valence electrons. The highest BCUT2D eigenvalue weighted by atomic mass is 35.5. The summed E-state index contributed by atoms with van der Waals surface area (Å²) in [5.41, 5.74) is -0.0885. The summed E-state index contributed by atoms with van der Waals surface area (Å²) in [6.45, 7) is 8.25. The molecule has 0 atom stereocenters. The fourth-order valence-corrected chi connectivity index (χ4v) is 3.14. The van der Waals surface area contributed by atoms with Gasteiger partial charge in [0.05, 0.1) is 26.8 Å². The van der Waals surface area contributed by atoms with Gasteiger partial charge in [0.25, 0.3) is 5.69 Å². The minimum atomic E-state index is -0.598. The SMILES string of the molecule is [C-]#[N+]c1cc([N+](=O)[O-])c2c(Cl)c(C(C)=O)sc2c1. The van der Waals surface area contributed by atoms with Crippen molar-refractivity contribution >= 4 is 50.2 Å². The number of nitro benzene ring substituents is 1. The Morgan fingerprint density at radius 3 is 2.72 bits per heavy atom. The molecule has 0 aliphatic heterocycles. The lowest BCUT2D eigenvalue weighted by molar-refractivity contribution is -0.383. The molecule has 0 amide bonds. The van der Waals surface area contributed by atoms with Gasteiger partial charge in [0.15, 0.2) is 11.5 Å². The van der Waals surface area contributed by atoms with E-state index >= 15 is 0 Å². The maximum atomic E-state index is 11.4. The molecule has 1 heterocycles. The number of hydrogen-bond acceptors (Lipinski definition) is 4. The average molecular weight is 281 g/mol. The number of carbonyl (C=O) groups is 1. The molecule has 0 saturated carbocycles. The molecular formula is C11H5ClN2O3S. The van der Waals surface area contributed by atoms with E-state index in [0.717, 1.165) is 17.4 Å². The molecule has 1 aromatic carbocycles. The predicted molar refractivity (Wildman–Crippen MR) is 69.8 cm³/mol. The maximum absolute atomic E-state index is 11.4. The first-order chi connectivity index (χ1) is 8.45. The van der Waals surface area contributed by atoms with Crippen molar-refractivity contribution in [2.75, 3.05) is 0 Å². The van der Waals surface area contributed by atoms with Gasteiger partial charge in [-0.3, -0.25) is 14.9 Å². The quantitative estimate of drug-likeness (QED) is 0.358. The highest BCUT2D eigenvalue weighted by Gasteiger charge is 2.23. The molecule has 0 spiro atoms. The molecule has 0 bridgehead atoms. The Morgan fingerprint density at radius 2 is 2.22 bits per heavy atom. The first-order valence-corrected chi connectivity index (χ1v) is 5.94. The second kappa shape index (κ2) is 4.37. The minimum Gasteiger partial charge on any atom is -0.294 e. The summed E-state index contributed by atoms with van der Waals surface area (Å²) in [4.78, 5) is 25.2. The van der Waals surface area contributed by atoms with Crippen LogP contribution >= 0.6 is 22.9 Å². The van der Waals surface area contributed by atoms with Crippen LogP contribution in [0.15, 0.2) is 12.1 Å². The lowest BCUT2D eigenvalue weighted by Gasteiger charge is -1.96. The fraction of sp³-hybridized carbons (Fsp3) is 0.0909. The monoisotopic (exact) mass is 280 g/mol. The van der Waals surface area contributed by atoms with Crippen LogP contribution in [-0.4, -0.2) is 10.7 Å². The van der Waals surface area contributed by atoms with Crippen molar-refractivity contribution in [1.29, 1.82) is 0 Å². The van der Waals surface area contributed by atoms with E-state index in [-0.39, 0.29) is 32.4 Å². The Morgan fingerprint density at radius 1 is 1.56 bits per heavy atom. The van der Waals surface area contributed by atoms with Crippen LogP contribution < -0.4 is 0 Å². The number of thiophene rings is 1. The number of benzene rings is 1. The Bertz CT molecular complexity index is 730. The van der Waals surface area contributed by atoms with Gasteiger partial charge in [0.2, 0.25) is 0 Å². The van der Waals surface area contributed by atoms with Gasteiger partial charge in [0, 0.05) is 17.7 Å². The molecule has 0 aliphatic rings. The molecule has 0 unspecified atom stereocenters. The number of carbonyl (C=O) groups excluding carboxylic acids is 1. The van der Waals surface area contributed by atoms with Gasteiger partial charge < -0.3 is 0 Å². The van der Waals surface area contributed by atoms with Gasteiger partial charge in [-0.2, -0.15) is 0 Å². The van der Waals surface area contributed by atoms with Gasteiger partial charge in [-0.1, -0.05) is 11.6 Å². The van der Waals surface area contributed by atoms with E-state index in [9.17, 15) is 14.9 Å². The molecule has 1 aromatic heterocycles. The fourth-order valence-electron chi connectivity index (χ4n) is 1.59. The highest BCUT2D eigenvalue weighted by molar-refractivity contribution is 7.21. The Kier molecular flexibility index (Phi) is 3.03. The van der Waals surface area contributed by atoms with E-state index in [4.69, 9.17) is 18.2 Å². The molecule has 5 nitrogen and oxygen atoms in total. The summed E-state index contributed by atoms with van der Waals surface area (Å²) in [7, 11) is 0. The Balaban J connectivity index is 2.94. The van der Waals surface area contributed by atoms with Gasteiger partial charge in [-0.15, -0.1) is 11.3 Å². The summed E-state index contributed by atoms with van der Waals surface area (Å²) in [6.07, 6.45) is 0. The third kappa shape index (κ3) is 1.83. The van der Waals surface area contributed by atoms with E-state index in [1.165, 1.54) is 13.0 Å². The molecule has 0 radical (unpaired) electrons. The van der Waals surface area contributed by atoms with Crippen molar-refractivity contribution in [3.8, 4) is 0 Å². The second-order valence-corrected chi connectivity index (χ2v) is 4.94.